The fourth-order valence-electron chi connectivity index (χ4n) is 2.53. The first kappa shape index (κ1) is 20.4. The summed E-state index contributed by atoms with van der Waals surface area (Å²) in [5, 5.41) is 5.78. The Morgan fingerprint density at radius 1 is 1.14 bits per heavy atom. The zero-order valence-corrected chi connectivity index (χ0v) is 16.6. The number of amides is 2. The lowest BCUT2D eigenvalue weighted by atomic mass is 10.1. The van der Waals surface area contributed by atoms with Crippen LogP contribution in [0.25, 0.3) is 6.08 Å². The highest BCUT2D eigenvalue weighted by molar-refractivity contribution is 7.15. The van der Waals surface area contributed by atoms with Crippen LogP contribution >= 0.6 is 11.3 Å². The van der Waals surface area contributed by atoms with Gasteiger partial charge in [-0.3, -0.25) is 9.59 Å². The average molecular weight is 409 g/mol. The van der Waals surface area contributed by atoms with Gasteiger partial charge in [0.15, 0.2) is 5.13 Å². The van der Waals surface area contributed by atoms with E-state index in [1.165, 1.54) is 29.5 Å². The van der Waals surface area contributed by atoms with E-state index in [9.17, 15) is 14.0 Å². The molecule has 2 aromatic carbocycles. The Labute approximate surface area is 172 Å². The van der Waals surface area contributed by atoms with Gasteiger partial charge >= 0.3 is 0 Å². The molecule has 1 unspecified atom stereocenters. The van der Waals surface area contributed by atoms with Gasteiger partial charge in [0.1, 0.15) is 11.9 Å². The molecule has 0 aliphatic rings. The second kappa shape index (κ2) is 9.75. The Morgan fingerprint density at radius 3 is 2.59 bits per heavy atom. The molecule has 0 radical (unpaired) electrons. The van der Waals surface area contributed by atoms with E-state index in [4.69, 9.17) is 0 Å². The fraction of sp³-hybridized carbons (Fsp3) is 0.136. The topological polar surface area (TPSA) is 71.1 Å². The minimum atomic E-state index is -0.715. The highest BCUT2D eigenvalue weighted by Gasteiger charge is 2.16. The number of rotatable bonds is 7. The van der Waals surface area contributed by atoms with Crippen LogP contribution in [-0.2, 0) is 16.0 Å². The Hall–Kier alpha value is -3.32. The van der Waals surface area contributed by atoms with Crippen LogP contribution in [0.15, 0.2) is 66.9 Å². The van der Waals surface area contributed by atoms with E-state index in [0.717, 1.165) is 16.0 Å². The normalized spacial score (nSPS) is 11.9. The predicted octanol–water partition coefficient (Wildman–Crippen LogP) is 4.03. The largest absolute Gasteiger partial charge is 0.341 e. The van der Waals surface area contributed by atoms with Gasteiger partial charge in [0.05, 0.1) is 0 Å². The molecule has 1 heterocycles. The summed E-state index contributed by atoms with van der Waals surface area (Å²) in [7, 11) is 0. The maximum atomic E-state index is 13.0. The first-order valence-electron chi connectivity index (χ1n) is 9.03. The van der Waals surface area contributed by atoms with E-state index in [1.807, 2.05) is 30.3 Å². The molecule has 3 rings (SSSR count). The molecule has 1 aromatic heterocycles. The molecule has 2 N–H and O–H groups in total. The predicted molar refractivity (Wildman–Crippen MR) is 113 cm³/mol. The number of carbonyl (C=O) groups is 2. The van der Waals surface area contributed by atoms with Crippen molar-refractivity contribution in [1.82, 2.24) is 10.3 Å². The van der Waals surface area contributed by atoms with Crippen LogP contribution in [0, 0.1) is 5.82 Å². The first-order chi connectivity index (χ1) is 14.0. The van der Waals surface area contributed by atoms with E-state index >= 15 is 0 Å². The molecule has 3 aromatic rings. The summed E-state index contributed by atoms with van der Waals surface area (Å²) in [5.41, 5.74) is 1.86. The minimum absolute atomic E-state index is 0.277. The van der Waals surface area contributed by atoms with Crippen LogP contribution in [0.1, 0.15) is 22.9 Å². The second-order valence-electron chi connectivity index (χ2n) is 6.40. The molecule has 0 fully saturated rings. The van der Waals surface area contributed by atoms with Gasteiger partial charge in [0.2, 0.25) is 11.8 Å². The van der Waals surface area contributed by atoms with Crippen molar-refractivity contribution in [3.63, 3.8) is 0 Å². The van der Waals surface area contributed by atoms with Crippen LogP contribution in [0.4, 0.5) is 9.52 Å². The zero-order valence-electron chi connectivity index (χ0n) is 15.8. The fourth-order valence-corrected chi connectivity index (χ4v) is 3.38. The third-order valence-corrected chi connectivity index (χ3v) is 4.97. The summed E-state index contributed by atoms with van der Waals surface area (Å²) in [4.78, 5) is 29.4. The number of hydrogen-bond acceptors (Lipinski definition) is 4. The molecule has 0 aliphatic heterocycles. The lowest BCUT2D eigenvalue weighted by Crippen LogP contribution is -2.40. The van der Waals surface area contributed by atoms with Gasteiger partial charge in [-0.05, 0) is 36.3 Å². The van der Waals surface area contributed by atoms with Gasteiger partial charge in [-0.2, -0.15) is 0 Å². The van der Waals surface area contributed by atoms with E-state index in [-0.39, 0.29) is 17.6 Å². The summed E-state index contributed by atoms with van der Waals surface area (Å²) < 4.78 is 13.0. The number of hydrogen-bond donors (Lipinski definition) is 2. The summed E-state index contributed by atoms with van der Waals surface area (Å²) in [5.74, 6) is -0.984. The van der Waals surface area contributed by atoms with Crippen LogP contribution in [-0.4, -0.2) is 22.8 Å². The van der Waals surface area contributed by atoms with Crippen molar-refractivity contribution in [3.8, 4) is 0 Å². The molecule has 1 atom stereocenters. The monoisotopic (exact) mass is 409 g/mol. The maximum absolute atomic E-state index is 13.0. The quantitative estimate of drug-likeness (QED) is 0.579. The van der Waals surface area contributed by atoms with Crippen LogP contribution in [0.2, 0.25) is 0 Å². The molecule has 0 saturated carbocycles. The van der Waals surface area contributed by atoms with E-state index in [1.54, 1.807) is 31.3 Å². The van der Waals surface area contributed by atoms with Gasteiger partial charge in [-0.15, -0.1) is 11.3 Å². The SMILES string of the molecule is CC(NC(=O)C=Cc1ccccc1)C(=O)Nc1ncc(Cc2ccc(F)cc2)s1. The number of carbonyl (C=O) groups excluding carboxylic acids is 2. The minimum Gasteiger partial charge on any atom is -0.341 e. The third-order valence-electron chi connectivity index (χ3n) is 4.05. The molecule has 5 nitrogen and oxygen atoms in total. The van der Waals surface area contributed by atoms with E-state index in [0.29, 0.717) is 11.6 Å². The van der Waals surface area contributed by atoms with Crippen molar-refractivity contribution in [2.75, 3.05) is 5.32 Å². The van der Waals surface area contributed by atoms with Gasteiger partial charge in [-0.1, -0.05) is 42.5 Å². The lowest BCUT2D eigenvalue weighted by molar-refractivity contribution is -0.123. The number of halogens is 1. The van der Waals surface area contributed by atoms with Crippen molar-refractivity contribution < 1.29 is 14.0 Å². The van der Waals surface area contributed by atoms with Crippen LogP contribution in [0.5, 0.6) is 0 Å². The molecule has 2 amide bonds. The van der Waals surface area contributed by atoms with Gasteiger partial charge < -0.3 is 10.6 Å². The standard InChI is InChI=1S/C22H20FN3O2S/c1-15(25-20(27)12-9-16-5-3-2-4-6-16)21(28)26-22-24-14-19(29-22)13-17-7-10-18(23)11-8-17/h2-12,14-15H,13H2,1H3,(H,25,27)(H,24,26,28). The Balaban J connectivity index is 1.50. The number of anilines is 1. The molecule has 29 heavy (non-hydrogen) atoms. The highest BCUT2D eigenvalue weighted by atomic mass is 32.1. The van der Waals surface area contributed by atoms with Crippen LogP contribution < -0.4 is 10.6 Å². The van der Waals surface area contributed by atoms with Crippen molar-refractivity contribution >= 4 is 34.4 Å². The summed E-state index contributed by atoms with van der Waals surface area (Å²) in [6.07, 6.45) is 5.35. The van der Waals surface area contributed by atoms with Gasteiger partial charge in [0, 0.05) is 23.6 Å². The van der Waals surface area contributed by atoms with Crippen molar-refractivity contribution in [2.24, 2.45) is 0 Å². The summed E-state index contributed by atoms with van der Waals surface area (Å²) in [6.45, 7) is 1.61. The number of nitrogens with zero attached hydrogens (tertiary/aromatic N) is 1. The second-order valence-corrected chi connectivity index (χ2v) is 7.51. The maximum Gasteiger partial charge on any atom is 0.248 e. The molecule has 7 heteroatoms. The molecular weight excluding hydrogens is 389 g/mol. The summed E-state index contributed by atoms with van der Waals surface area (Å²) in [6, 6.07) is 15.0. The lowest BCUT2D eigenvalue weighted by Gasteiger charge is -2.11. The van der Waals surface area contributed by atoms with Crippen molar-refractivity contribution in [2.45, 2.75) is 19.4 Å². The number of nitrogens with one attached hydrogen (secondary N) is 2. The third kappa shape index (κ3) is 6.36. The summed E-state index contributed by atoms with van der Waals surface area (Å²) >= 11 is 1.34. The van der Waals surface area contributed by atoms with E-state index in [2.05, 4.69) is 15.6 Å². The Morgan fingerprint density at radius 2 is 1.86 bits per heavy atom. The van der Waals surface area contributed by atoms with Crippen LogP contribution in [0.3, 0.4) is 0 Å². The molecule has 148 valence electrons. The zero-order chi connectivity index (χ0) is 20.6. The molecule has 0 bridgehead atoms. The molecular formula is C22H20FN3O2S. The Bertz CT molecular complexity index is 1000. The highest BCUT2D eigenvalue weighted by Crippen LogP contribution is 2.21. The number of thiazole rings is 1. The molecule has 0 spiro atoms. The van der Waals surface area contributed by atoms with Gasteiger partial charge in [-0.25, -0.2) is 9.37 Å². The van der Waals surface area contributed by atoms with Gasteiger partial charge in [0.25, 0.3) is 0 Å². The molecule has 0 saturated heterocycles. The van der Waals surface area contributed by atoms with Crippen molar-refractivity contribution in [3.05, 3.63) is 88.7 Å². The number of aromatic nitrogens is 1. The van der Waals surface area contributed by atoms with E-state index < -0.39 is 6.04 Å². The smallest absolute Gasteiger partial charge is 0.248 e. The Kier molecular flexibility index (Phi) is 6.86. The number of benzene rings is 2. The molecule has 0 aliphatic carbocycles. The average Bonchev–Trinajstić information content (AvgIpc) is 3.15. The van der Waals surface area contributed by atoms with Crippen molar-refractivity contribution in [1.29, 1.82) is 0 Å². The first-order valence-corrected chi connectivity index (χ1v) is 9.85.